The molecule has 0 aliphatic rings. The van der Waals surface area contributed by atoms with E-state index in [9.17, 15) is 0 Å². The van der Waals surface area contributed by atoms with Crippen LogP contribution in [0.4, 0.5) is 0 Å². The summed E-state index contributed by atoms with van der Waals surface area (Å²) in [5, 5.41) is 17.8. The van der Waals surface area contributed by atoms with Gasteiger partial charge < -0.3 is 14.2 Å². The summed E-state index contributed by atoms with van der Waals surface area (Å²) >= 11 is 0. The number of hydrogen-bond donors (Lipinski definition) is 1. The van der Waals surface area contributed by atoms with Gasteiger partial charge in [0, 0.05) is 18.7 Å². The van der Waals surface area contributed by atoms with E-state index in [1.165, 1.54) is 0 Å². The number of aliphatic hydroxyl groups is 1. The summed E-state index contributed by atoms with van der Waals surface area (Å²) in [6, 6.07) is 2.65. The van der Waals surface area contributed by atoms with E-state index in [0.717, 1.165) is 0 Å². The van der Waals surface area contributed by atoms with E-state index in [4.69, 9.17) is 19.4 Å². The molecule has 1 atom stereocenters. The molecule has 6 heteroatoms. The molecule has 5 nitrogen and oxygen atoms in total. The van der Waals surface area contributed by atoms with Crippen molar-refractivity contribution in [2.45, 2.75) is 72.1 Å². The maximum absolute atomic E-state index is 9.12. The molecule has 0 spiro atoms. The first-order chi connectivity index (χ1) is 9.25. The van der Waals surface area contributed by atoms with Crippen LogP contribution in [-0.4, -0.2) is 40.7 Å². The second-order valence-corrected chi connectivity index (χ2v) is 7.25. The van der Waals surface area contributed by atoms with Gasteiger partial charge >= 0.3 is 0 Å². The molecule has 118 valence electrons. The van der Waals surface area contributed by atoms with Gasteiger partial charge in [-0.1, -0.05) is 0 Å². The average molecular weight is 304 g/mol. The predicted molar refractivity (Wildman–Crippen MR) is 82.1 cm³/mol. The highest BCUT2D eigenvalue weighted by Gasteiger charge is 2.32. The van der Waals surface area contributed by atoms with E-state index < -0.39 is 14.1 Å². The SMILES string of the molecule is CC(C)N(C(C)C)P(OCCC#N)OC(C)(C)CCO. The van der Waals surface area contributed by atoms with Gasteiger partial charge in [-0.05, 0) is 48.0 Å². The molecule has 0 saturated carbocycles. The van der Waals surface area contributed by atoms with Crippen molar-refractivity contribution in [1.82, 2.24) is 4.67 Å². The Morgan fingerprint density at radius 1 is 1.25 bits per heavy atom. The highest BCUT2D eigenvalue weighted by Crippen LogP contribution is 2.49. The van der Waals surface area contributed by atoms with E-state index >= 15 is 0 Å². The normalized spacial score (nSPS) is 14.1. The topological polar surface area (TPSA) is 65.7 Å². The summed E-state index contributed by atoms with van der Waals surface area (Å²) in [6.07, 6.45) is 0.907. The first-order valence-electron chi connectivity index (χ1n) is 7.13. The van der Waals surface area contributed by atoms with E-state index in [-0.39, 0.29) is 18.7 Å². The summed E-state index contributed by atoms with van der Waals surface area (Å²) in [5.74, 6) is 0. The van der Waals surface area contributed by atoms with Crippen molar-refractivity contribution in [3.05, 3.63) is 0 Å². The van der Waals surface area contributed by atoms with Crippen LogP contribution in [0.5, 0.6) is 0 Å². The fourth-order valence-corrected chi connectivity index (χ4v) is 3.61. The summed E-state index contributed by atoms with van der Waals surface area (Å²) in [7, 11) is -1.24. The molecule has 0 aromatic heterocycles. The molecule has 1 N–H and O–H groups in total. The average Bonchev–Trinajstić information content (AvgIpc) is 2.27. The van der Waals surface area contributed by atoms with Crippen molar-refractivity contribution in [1.29, 1.82) is 5.26 Å². The zero-order valence-corrected chi connectivity index (χ0v) is 14.5. The first kappa shape index (κ1) is 19.8. The van der Waals surface area contributed by atoms with Gasteiger partial charge in [0.2, 0.25) is 0 Å². The Balaban J connectivity index is 4.91. The number of nitriles is 1. The zero-order valence-electron chi connectivity index (χ0n) is 13.6. The van der Waals surface area contributed by atoms with Crippen molar-refractivity contribution >= 4 is 8.53 Å². The Bertz CT molecular complexity index is 295. The van der Waals surface area contributed by atoms with Crippen LogP contribution in [0.15, 0.2) is 0 Å². The summed E-state index contributed by atoms with van der Waals surface area (Å²) in [5.41, 5.74) is -0.449. The maximum atomic E-state index is 9.12. The molecule has 1 unspecified atom stereocenters. The van der Waals surface area contributed by atoms with Crippen LogP contribution in [-0.2, 0) is 9.05 Å². The van der Waals surface area contributed by atoms with Gasteiger partial charge in [0.1, 0.15) is 0 Å². The van der Waals surface area contributed by atoms with E-state index in [1.54, 1.807) is 0 Å². The van der Waals surface area contributed by atoms with Gasteiger partial charge in [0.25, 0.3) is 8.53 Å². The minimum atomic E-state index is -1.24. The lowest BCUT2D eigenvalue weighted by Crippen LogP contribution is -2.36. The second kappa shape index (κ2) is 9.65. The van der Waals surface area contributed by atoms with Crippen molar-refractivity contribution in [2.75, 3.05) is 13.2 Å². The lowest BCUT2D eigenvalue weighted by Gasteiger charge is -2.39. The van der Waals surface area contributed by atoms with Crippen LogP contribution in [0.3, 0.4) is 0 Å². The van der Waals surface area contributed by atoms with Crippen LogP contribution < -0.4 is 0 Å². The molecule has 20 heavy (non-hydrogen) atoms. The lowest BCUT2D eigenvalue weighted by atomic mass is 10.1. The summed E-state index contributed by atoms with van der Waals surface area (Å²) < 4.78 is 14.1. The Labute approximate surface area is 124 Å². The minimum absolute atomic E-state index is 0.0811. The van der Waals surface area contributed by atoms with Gasteiger partial charge in [-0.15, -0.1) is 0 Å². The lowest BCUT2D eigenvalue weighted by molar-refractivity contribution is 0.0507. The van der Waals surface area contributed by atoms with Crippen molar-refractivity contribution < 1.29 is 14.2 Å². The second-order valence-electron chi connectivity index (χ2n) is 5.87. The molecular weight excluding hydrogens is 275 g/mol. The largest absolute Gasteiger partial charge is 0.396 e. The quantitative estimate of drug-likeness (QED) is 0.495. The van der Waals surface area contributed by atoms with Crippen molar-refractivity contribution in [2.24, 2.45) is 0 Å². The molecule has 0 saturated heterocycles. The van der Waals surface area contributed by atoms with E-state index in [1.807, 2.05) is 13.8 Å². The predicted octanol–water partition coefficient (Wildman–Crippen LogP) is 3.44. The monoisotopic (exact) mass is 304 g/mol. The van der Waals surface area contributed by atoms with Crippen molar-refractivity contribution in [3.8, 4) is 6.07 Å². The fourth-order valence-electron chi connectivity index (χ4n) is 1.81. The summed E-state index contributed by atoms with van der Waals surface area (Å²) in [4.78, 5) is 0. The molecule has 0 fully saturated rings. The minimum Gasteiger partial charge on any atom is -0.396 e. The highest BCUT2D eigenvalue weighted by molar-refractivity contribution is 7.44. The molecular formula is C14H29N2O3P. The van der Waals surface area contributed by atoms with Gasteiger partial charge in [-0.2, -0.15) is 5.26 Å². The molecule has 0 aliphatic heterocycles. The summed E-state index contributed by atoms with van der Waals surface area (Å²) in [6.45, 7) is 12.8. The van der Waals surface area contributed by atoms with E-state index in [0.29, 0.717) is 19.4 Å². The standard InChI is InChI=1S/C14H29N2O3P/c1-12(2)16(13(3)4)20(18-11-7-9-15)19-14(5,6)8-10-17/h12-13,17H,7-8,10-11H2,1-6H3. The Kier molecular flexibility index (Phi) is 9.54. The number of hydrogen-bond acceptors (Lipinski definition) is 5. The Morgan fingerprint density at radius 2 is 1.80 bits per heavy atom. The van der Waals surface area contributed by atoms with Crippen LogP contribution in [0.1, 0.15) is 54.4 Å². The zero-order chi connectivity index (χ0) is 15.8. The molecule has 0 aromatic rings. The number of nitrogens with zero attached hydrogens (tertiary/aromatic N) is 2. The Hall–Kier alpha value is -0.240. The number of aliphatic hydroxyl groups excluding tert-OH is 1. The van der Waals surface area contributed by atoms with Gasteiger partial charge in [-0.3, -0.25) is 0 Å². The molecule has 0 radical (unpaired) electrons. The smallest absolute Gasteiger partial charge is 0.259 e. The van der Waals surface area contributed by atoms with E-state index in [2.05, 4.69) is 38.4 Å². The third-order valence-electron chi connectivity index (χ3n) is 2.70. The molecule has 0 aromatic carbocycles. The van der Waals surface area contributed by atoms with Gasteiger partial charge in [0.15, 0.2) is 0 Å². The van der Waals surface area contributed by atoms with Crippen LogP contribution in [0.25, 0.3) is 0 Å². The van der Waals surface area contributed by atoms with Crippen molar-refractivity contribution in [3.63, 3.8) is 0 Å². The van der Waals surface area contributed by atoms with Crippen LogP contribution in [0, 0.1) is 11.3 Å². The molecule has 0 amide bonds. The number of rotatable bonds is 10. The Morgan fingerprint density at radius 3 is 2.20 bits per heavy atom. The highest BCUT2D eigenvalue weighted by atomic mass is 31.2. The molecule has 0 rings (SSSR count). The maximum Gasteiger partial charge on any atom is 0.259 e. The molecule has 0 aliphatic carbocycles. The first-order valence-corrected chi connectivity index (χ1v) is 8.26. The molecule has 0 bridgehead atoms. The third kappa shape index (κ3) is 7.52. The fraction of sp³-hybridized carbons (Fsp3) is 0.929. The van der Waals surface area contributed by atoms with Gasteiger partial charge in [-0.25, -0.2) is 4.67 Å². The third-order valence-corrected chi connectivity index (χ3v) is 5.06. The molecule has 0 heterocycles. The van der Waals surface area contributed by atoms with Gasteiger partial charge in [0.05, 0.1) is 24.7 Å². The van der Waals surface area contributed by atoms with Crippen LogP contribution >= 0.6 is 8.53 Å². The van der Waals surface area contributed by atoms with Crippen LogP contribution in [0.2, 0.25) is 0 Å².